The maximum absolute atomic E-state index is 13.3. The molecule has 16 nitrogen and oxygen atoms in total. The molecule has 1 saturated heterocycles. The molecule has 3 aliphatic rings. The third-order valence-electron chi connectivity index (χ3n) is 10.8. The first-order valence-corrected chi connectivity index (χ1v) is 20.5. The number of carbonyl (C=O) groups excluding carboxylic acids is 6. The molecule has 3 aliphatic heterocycles. The van der Waals surface area contributed by atoms with E-state index >= 15 is 0 Å². The number of carbonyl (C=O) groups is 6. The largest absolute Gasteiger partial charge is 0.493 e. The van der Waals surface area contributed by atoms with Gasteiger partial charge in [0.1, 0.15) is 6.04 Å². The number of anilines is 2. The highest BCUT2D eigenvalue weighted by Crippen LogP contribution is 2.42. The van der Waals surface area contributed by atoms with Gasteiger partial charge in [0.25, 0.3) is 17.7 Å². The molecule has 8 rings (SSSR count). The molecule has 0 bridgehead atoms. The van der Waals surface area contributed by atoms with Crippen molar-refractivity contribution in [1.82, 2.24) is 20.5 Å². The number of hydrogen-bond acceptors (Lipinski definition) is 12. The van der Waals surface area contributed by atoms with Gasteiger partial charge in [-0.25, -0.2) is 4.98 Å². The Morgan fingerprint density at radius 2 is 1.51 bits per heavy atom. The van der Waals surface area contributed by atoms with Crippen molar-refractivity contribution < 1.29 is 47.7 Å². The Morgan fingerprint density at radius 3 is 2.30 bits per heavy atom. The van der Waals surface area contributed by atoms with Crippen LogP contribution >= 0.6 is 0 Å². The average Bonchev–Trinajstić information content (AvgIpc) is 3.45. The summed E-state index contributed by atoms with van der Waals surface area (Å²) < 4.78 is 22.8. The number of fused-ring (bicyclic) bond motifs is 4. The first-order valence-electron chi connectivity index (χ1n) is 20.5. The summed E-state index contributed by atoms with van der Waals surface area (Å²) in [6.45, 7) is 1.31. The minimum atomic E-state index is -1.04. The molecule has 16 heteroatoms. The minimum absolute atomic E-state index is 0.0420. The van der Waals surface area contributed by atoms with Crippen molar-refractivity contribution in [2.75, 3.05) is 63.9 Å². The molecule has 0 aliphatic carbocycles. The monoisotopic (exact) mass is 852 g/mol. The van der Waals surface area contributed by atoms with Gasteiger partial charge in [-0.05, 0) is 59.5 Å². The van der Waals surface area contributed by atoms with Crippen LogP contribution in [-0.2, 0) is 35.1 Å². The quantitative estimate of drug-likeness (QED) is 0.0748. The highest BCUT2D eigenvalue weighted by Gasteiger charge is 2.45. The summed E-state index contributed by atoms with van der Waals surface area (Å²) >= 11 is 0. The lowest BCUT2D eigenvalue weighted by atomic mass is 9.92. The number of methoxy groups -OCH3 is 1. The smallest absolute Gasteiger partial charge is 0.264 e. The van der Waals surface area contributed by atoms with Crippen molar-refractivity contribution in [3.05, 3.63) is 114 Å². The van der Waals surface area contributed by atoms with E-state index < -0.39 is 29.7 Å². The van der Waals surface area contributed by atoms with Crippen LogP contribution in [0.15, 0.2) is 97.1 Å². The Bertz CT molecular complexity index is 2600. The van der Waals surface area contributed by atoms with E-state index in [9.17, 15) is 28.8 Å². The summed E-state index contributed by atoms with van der Waals surface area (Å²) in [5, 5.41) is 11.1. The van der Waals surface area contributed by atoms with Crippen molar-refractivity contribution in [2.24, 2.45) is 0 Å². The fourth-order valence-corrected chi connectivity index (χ4v) is 7.80. The second-order valence-corrected chi connectivity index (χ2v) is 14.8. The van der Waals surface area contributed by atoms with E-state index in [0.717, 1.165) is 38.4 Å². The van der Waals surface area contributed by atoms with E-state index in [1.165, 1.54) is 13.2 Å². The third kappa shape index (κ3) is 9.27. The zero-order chi connectivity index (χ0) is 43.9. The van der Waals surface area contributed by atoms with Crippen LogP contribution in [0.3, 0.4) is 0 Å². The molecule has 6 amide bonds. The summed E-state index contributed by atoms with van der Waals surface area (Å²) in [5.41, 5.74) is 7.00. The van der Waals surface area contributed by atoms with Crippen molar-refractivity contribution >= 4 is 46.8 Å². The van der Waals surface area contributed by atoms with Crippen LogP contribution in [0, 0.1) is 0 Å². The maximum atomic E-state index is 13.3. The Labute approximate surface area is 362 Å². The second kappa shape index (κ2) is 19.1. The average molecular weight is 853 g/mol. The zero-order valence-corrected chi connectivity index (χ0v) is 34.4. The third-order valence-corrected chi connectivity index (χ3v) is 10.8. The van der Waals surface area contributed by atoms with Gasteiger partial charge in [-0.15, -0.1) is 0 Å². The van der Waals surface area contributed by atoms with Crippen LogP contribution in [0.4, 0.5) is 11.4 Å². The summed E-state index contributed by atoms with van der Waals surface area (Å²) in [4.78, 5) is 82.3. The predicted molar refractivity (Wildman–Crippen MR) is 231 cm³/mol. The van der Waals surface area contributed by atoms with Crippen LogP contribution in [0.2, 0.25) is 0 Å². The topological polar surface area (TPSA) is 204 Å². The van der Waals surface area contributed by atoms with Gasteiger partial charge < -0.3 is 34.9 Å². The van der Waals surface area contributed by atoms with E-state index in [4.69, 9.17) is 23.9 Å². The molecule has 1 fully saturated rings. The second-order valence-electron chi connectivity index (χ2n) is 14.8. The number of ether oxygens (including phenoxy) is 4. The molecule has 1 unspecified atom stereocenters. The first kappa shape index (κ1) is 42.3. The number of nitrogens with zero attached hydrogens (tertiary/aromatic N) is 2. The Morgan fingerprint density at radius 1 is 0.746 bits per heavy atom. The number of aromatic nitrogens is 1. The molecule has 4 N–H and O–H groups in total. The van der Waals surface area contributed by atoms with E-state index in [1.54, 1.807) is 24.3 Å². The van der Waals surface area contributed by atoms with E-state index in [1.807, 2.05) is 66.7 Å². The van der Waals surface area contributed by atoms with Crippen LogP contribution in [0.25, 0.3) is 33.6 Å². The van der Waals surface area contributed by atoms with Gasteiger partial charge in [0, 0.05) is 36.3 Å². The lowest BCUT2D eigenvalue weighted by Gasteiger charge is -2.27. The number of pyridine rings is 1. The molecule has 63 heavy (non-hydrogen) atoms. The number of para-hydroxylation sites is 1. The number of amides is 6. The van der Waals surface area contributed by atoms with Gasteiger partial charge in [0.15, 0.2) is 18.1 Å². The summed E-state index contributed by atoms with van der Waals surface area (Å²) in [6, 6.07) is 28.7. The van der Waals surface area contributed by atoms with Crippen LogP contribution in [-0.4, -0.2) is 105 Å². The summed E-state index contributed by atoms with van der Waals surface area (Å²) in [5.74, 6) is -2.00. The van der Waals surface area contributed by atoms with Gasteiger partial charge in [0.2, 0.25) is 17.7 Å². The molecular formula is C47H44N6O10. The lowest BCUT2D eigenvalue weighted by molar-refractivity contribution is -0.136. The van der Waals surface area contributed by atoms with Crippen molar-refractivity contribution in [3.8, 4) is 45.1 Å². The highest BCUT2D eigenvalue weighted by molar-refractivity contribution is 6.25. The predicted octanol–water partition coefficient (Wildman–Crippen LogP) is 4.63. The molecule has 5 aromatic rings. The number of benzene rings is 4. The minimum Gasteiger partial charge on any atom is -0.493 e. The molecule has 4 aromatic carbocycles. The van der Waals surface area contributed by atoms with E-state index in [0.29, 0.717) is 35.1 Å². The van der Waals surface area contributed by atoms with Gasteiger partial charge in [-0.2, -0.15) is 0 Å². The van der Waals surface area contributed by atoms with Crippen LogP contribution in [0.5, 0.6) is 11.5 Å². The highest BCUT2D eigenvalue weighted by atomic mass is 16.5. The number of piperidine rings is 1. The van der Waals surface area contributed by atoms with Crippen molar-refractivity contribution in [1.29, 1.82) is 0 Å². The van der Waals surface area contributed by atoms with E-state index in [-0.39, 0.29) is 81.8 Å². The lowest BCUT2D eigenvalue weighted by Crippen LogP contribution is -2.54. The number of nitrogens with one attached hydrogen (secondary N) is 4. The molecule has 4 heterocycles. The molecular weight excluding hydrogens is 809 g/mol. The molecule has 0 saturated carbocycles. The van der Waals surface area contributed by atoms with Crippen LogP contribution in [0.1, 0.15) is 39.1 Å². The Kier molecular flexibility index (Phi) is 12.8. The summed E-state index contributed by atoms with van der Waals surface area (Å²) in [6.07, 6.45) is 0.227. The van der Waals surface area contributed by atoms with Gasteiger partial charge in [-0.3, -0.25) is 39.0 Å². The summed E-state index contributed by atoms with van der Waals surface area (Å²) in [7, 11) is 1.52. The standard InChI is InChI=1S/C47H44N6O10/c1-60-38-16-14-29(32-25-36(28-8-3-2-4-9-28)51-44-30-10-5-6-12-34(30)50-41(55)26-33(32)44)24-39(38)63-27-42(56)49-19-21-62-23-22-61-20-18-48-35-13-7-11-31-43(35)47(59)53(46(31)58)37-15-17-40(54)52-45(37)57/h2-14,16,24-25,37,48H,15,17-23,26-27H2,1H3,(H,49,56)(H,50,55)(H,52,54,57). The van der Waals surface area contributed by atoms with Crippen molar-refractivity contribution in [3.63, 3.8) is 0 Å². The molecule has 1 atom stereocenters. The fraction of sp³-hybridized carbons (Fsp3) is 0.255. The van der Waals surface area contributed by atoms with Gasteiger partial charge in [-0.1, -0.05) is 60.7 Å². The molecule has 1 aromatic heterocycles. The Hall–Kier alpha value is -7.43. The van der Waals surface area contributed by atoms with Crippen LogP contribution < -0.4 is 30.7 Å². The van der Waals surface area contributed by atoms with Gasteiger partial charge in [0.05, 0.1) is 68.2 Å². The first-order chi connectivity index (χ1) is 30.7. The Balaban J connectivity index is 0.804. The van der Waals surface area contributed by atoms with Gasteiger partial charge >= 0.3 is 0 Å². The maximum Gasteiger partial charge on any atom is 0.264 e. The number of hydrogen-bond donors (Lipinski definition) is 4. The van der Waals surface area contributed by atoms with Crippen molar-refractivity contribution in [2.45, 2.75) is 25.3 Å². The normalized spacial score (nSPS) is 15.4. The number of imide groups is 2. The SMILES string of the molecule is COc1ccc(-c2cc(-c3ccccc3)nc3c2CC(=O)Nc2ccccc2-3)cc1OCC(=O)NCCOCCOCCNc1cccc2c1C(=O)N(C1CCC(=O)NC1=O)C2=O. The molecule has 0 radical (unpaired) electrons. The zero-order valence-electron chi connectivity index (χ0n) is 34.4. The number of rotatable bonds is 17. The fourth-order valence-electron chi connectivity index (χ4n) is 7.80. The molecule has 322 valence electrons. The molecule has 0 spiro atoms. The van der Waals surface area contributed by atoms with E-state index in [2.05, 4.69) is 21.3 Å².